The van der Waals surface area contributed by atoms with Crippen LogP contribution in [0.15, 0.2) is 30.3 Å². The molecule has 0 heterocycles. The first-order valence-corrected chi connectivity index (χ1v) is 8.32. The van der Waals surface area contributed by atoms with E-state index in [1.54, 1.807) is 0 Å². The average Bonchev–Trinajstić information content (AvgIpc) is 2.03. The molecule has 0 bridgehead atoms. The minimum atomic E-state index is -1.13. The summed E-state index contributed by atoms with van der Waals surface area (Å²) in [6.45, 7) is 6.89. The van der Waals surface area contributed by atoms with Crippen molar-refractivity contribution >= 4 is 13.8 Å². The SMILES string of the molecule is C[Si](C)(C)CC(=N)c1ccccc1. The highest BCUT2D eigenvalue weighted by molar-refractivity contribution is 6.79. The second kappa shape index (κ2) is 3.88. The zero-order valence-electron chi connectivity index (χ0n) is 8.59. The van der Waals surface area contributed by atoms with Crippen molar-refractivity contribution in [3.8, 4) is 0 Å². The Morgan fingerprint density at radius 1 is 1.15 bits per heavy atom. The third kappa shape index (κ3) is 3.55. The Morgan fingerprint density at radius 2 is 1.69 bits per heavy atom. The summed E-state index contributed by atoms with van der Waals surface area (Å²) in [6, 6.07) is 11.0. The maximum Gasteiger partial charge on any atom is 0.0506 e. The minimum Gasteiger partial charge on any atom is -0.305 e. The Bertz CT molecular complexity index is 285. The van der Waals surface area contributed by atoms with Crippen molar-refractivity contribution in [1.29, 1.82) is 5.41 Å². The van der Waals surface area contributed by atoms with Crippen LogP contribution in [-0.4, -0.2) is 13.8 Å². The molecule has 0 radical (unpaired) electrons. The van der Waals surface area contributed by atoms with Gasteiger partial charge in [-0.25, -0.2) is 0 Å². The van der Waals surface area contributed by atoms with E-state index in [-0.39, 0.29) is 0 Å². The Morgan fingerprint density at radius 3 is 2.15 bits per heavy atom. The topological polar surface area (TPSA) is 23.9 Å². The molecule has 0 saturated heterocycles. The normalized spacial score (nSPS) is 11.3. The molecule has 0 aliphatic heterocycles. The molecule has 0 amide bonds. The second-order valence-corrected chi connectivity index (χ2v) is 10.1. The fraction of sp³-hybridized carbons (Fsp3) is 0.364. The van der Waals surface area contributed by atoms with Crippen LogP contribution in [0.25, 0.3) is 0 Å². The van der Waals surface area contributed by atoms with E-state index in [0.29, 0.717) is 0 Å². The van der Waals surface area contributed by atoms with Crippen molar-refractivity contribution in [2.45, 2.75) is 25.7 Å². The monoisotopic (exact) mass is 191 g/mol. The fourth-order valence-electron chi connectivity index (χ4n) is 1.27. The van der Waals surface area contributed by atoms with Crippen LogP contribution in [-0.2, 0) is 0 Å². The Hall–Kier alpha value is -0.893. The van der Waals surface area contributed by atoms with Crippen molar-refractivity contribution in [3.05, 3.63) is 35.9 Å². The molecule has 0 saturated carbocycles. The molecule has 70 valence electrons. The lowest BCUT2D eigenvalue weighted by atomic mass is 10.1. The quantitative estimate of drug-likeness (QED) is 0.559. The highest BCUT2D eigenvalue weighted by Crippen LogP contribution is 2.13. The molecule has 0 aliphatic rings. The third-order valence-electron chi connectivity index (χ3n) is 1.83. The summed E-state index contributed by atoms with van der Waals surface area (Å²) < 4.78 is 0. The molecule has 0 fully saturated rings. The van der Waals surface area contributed by atoms with Gasteiger partial charge in [0.2, 0.25) is 0 Å². The summed E-state index contributed by atoms with van der Waals surface area (Å²) in [5.41, 5.74) is 1.87. The van der Waals surface area contributed by atoms with E-state index in [2.05, 4.69) is 19.6 Å². The molecule has 0 aromatic heterocycles. The third-order valence-corrected chi connectivity index (χ3v) is 3.24. The van der Waals surface area contributed by atoms with Crippen molar-refractivity contribution in [3.63, 3.8) is 0 Å². The predicted octanol–water partition coefficient (Wildman–Crippen LogP) is 3.39. The van der Waals surface area contributed by atoms with Crippen LogP contribution in [0.4, 0.5) is 0 Å². The molecule has 2 heteroatoms. The van der Waals surface area contributed by atoms with Crippen LogP contribution in [0.2, 0.25) is 25.7 Å². The first kappa shape index (κ1) is 10.2. The van der Waals surface area contributed by atoms with E-state index in [0.717, 1.165) is 17.3 Å². The first-order valence-electron chi connectivity index (χ1n) is 4.62. The van der Waals surface area contributed by atoms with E-state index in [9.17, 15) is 0 Å². The standard InChI is InChI=1S/C11H17NSi/c1-13(2,3)9-11(12)10-7-5-4-6-8-10/h4-8,12H,9H2,1-3H3. The zero-order valence-corrected chi connectivity index (χ0v) is 9.59. The molecule has 0 atom stereocenters. The zero-order chi connectivity index (χ0) is 9.90. The van der Waals surface area contributed by atoms with Crippen molar-refractivity contribution in [2.75, 3.05) is 0 Å². The van der Waals surface area contributed by atoms with Gasteiger partial charge in [0.1, 0.15) is 0 Å². The van der Waals surface area contributed by atoms with Gasteiger partial charge in [-0.3, -0.25) is 0 Å². The number of nitrogens with one attached hydrogen (secondary N) is 1. The van der Waals surface area contributed by atoms with Gasteiger partial charge in [-0.15, -0.1) is 0 Å². The highest BCUT2D eigenvalue weighted by Gasteiger charge is 2.16. The summed E-state index contributed by atoms with van der Waals surface area (Å²) in [7, 11) is -1.13. The lowest BCUT2D eigenvalue weighted by Gasteiger charge is -2.16. The maximum absolute atomic E-state index is 7.92. The van der Waals surface area contributed by atoms with E-state index in [1.807, 2.05) is 30.3 Å². The maximum atomic E-state index is 7.92. The molecule has 1 aromatic rings. The summed E-state index contributed by atoms with van der Waals surface area (Å²) in [6.07, 6.45) is 0. The number of hydrogen-bond acceptors (Lipinski definition) is 1. The van der Waals surface area contributed by atoms with Crippen LogP contribution in [0, 0.1) is 5.41 Å². The van der Waals surface area contributed by atoms with E-state index < -0.39 is 8.07 Å². The van der Waals surface area contributed by atoms with Gasteiger partial charge in [0, 0.05) is 5.71 Å². The van der Waals surface area contributed by atoms with Crippen LogP contribution < -0.4 is 0 Å². The van der Waals surface area contributed by atoms with E-state index in [1.165, 1.54) is 0 Å². The highest BCUT2D eigenvalue weighted by atomic mass is 28.3. The lowest BCUT2D eigenvalue weighted by molar-refractivity contribution is 1.41. The van der Waals surface area contributed by atoms with E-state index in [4.69, 9.17) is 5.41 Å². The largest absolute Gasteiger partial charge is 0.305 e. The smallest absolute Gasteiger partial charge is 0.0506 e. The minimum absolute atomic E-state index is 0.791. The lowest BCUT2D eigenvalue weighted by Crippen LogP contribution is -2.23. The van der Waals surface area contributed by atoms with Gasteiger partial charge >= 0.3 is 0 Å². The van der Waals surface area contributed by atoms with Gasteiger partial charge in [0.25, 0.3) is 0 Å². The second-order valence-electron chi connectivity index (χ2n) is 4.58. The molecule has 1 N–H and O–H groups in total. The van der Waals surface area contributed by atoms with Gasteiger partial charge in [0.05, 0.1) is 8.07 Å². The molecular formula is C11H17NSi. The van der Waals surface area contributed by atoms with Crippen LogP contribution in [0.1, 0.15) is 5.56 Å². The van der Waals surface area contributed by atoms with Gasteiger partial charge in [0.15, 0.2) is 0 Å². The van der Waals surface area contributed by atoms with Gasteiger partial charge in [-0.1, -0.05) is 50.0 Å². The van der Waals surface area contributed by atoms with Gasteiger partial charge in [-0.05, 0) is 11.6 Å². The van der Waals surface area contributed by atoms with Gasteiger partial charge in [-0.2, -0.15) is 0 Å². The van der Waals surface area contributed by atoms with Crippen LogP contribution in [0.5, 0.6) is 0 Å². The first-order chi connectivity index (χ1) is 5.99. The predicted molar refractivity (Wildman–Crippen MR) is 61.4 cm³/mol. The molecule has 1 aromatic carbocycles. The van der Waals surface area contributed by atoms with Gasteiger partial charge < -0.3 is 5.41 Å². The molecule has 13 heavy (non-hydrogen) atoms. The van der Waals surface area contributed by atoms with E-state index >= 15 is 0 Å². The summed E-state index contributed by atoms with van der Waals surface area (Å²) in [5.74, 6) is 0. The van der Waals surface area contributed by atoms with Crippen molar-refractivity contribution in [2.24, 2.45) is 0 Å². The summed E-state index contributed by atoms with van der Waals surface area (Å²) >= 11 is 0. The average molecular weight is 191 g/mol. The molecule has 0 spiro atoms. The number of benzene rings is 1. The number of rotatable bonds is 3. The molecule has 1 rings (SSSR count). The molecule has 0 aliphatic carbocycles. The Kier molecular flexibility index (Phi) is 3.04. The molecule has 1 nitrogen and oxygen atoms in total. The Balaban J connectivity index is 2.71. The number of hydrogen-bond donors (Lipinski definition) is 1. The molecular weight excluding hydrogens is 174 g/mol. The summed E-state index contributed by atoms with van der Waals surface area (Å²) in [5, 5.41) is 7.92. The van der Waals surface area contributed by atoms with Crippen LogP contribution in [0.3, 0.4) is 0 Å². The van der Waals surface area contributed by atoms with Crippen molar-refractivity contribution < 1.29 is 0 Å². The van der Waals surface area contributed by atoms with Crippen LogP contribution >= 0.6 is 0 Å². The molecule has 0 unspecified atom stereocenters. The van der Waals surface area contributed by atoms with Crippen molar-refractivity contribution in [1.82, 2.24) is 0 Å². The summed E-state index contributed by atoms with van der Waals surface area (Å²) in [4.78, 5) is 0. The fourth-order valence-corrected chi connectivity index (χ4v) is 2.54. The Labute approximate surface area is 81.3 Å².